The molecule has 1 aliphatic heterocycles. The van der Waals surface area contributed by atoms with E-state index < -0.39 is 5.92 Å². The minimum atomic E-state index is -0.895. The van der Waals surface area contributed by atoms with Crippen molar-refractivity contribution in [2.45, 2.75) is 62.8 Å². The van der Waals surface area contributed by atoms with Crippen LogP contribution in [0.2, 0.25) is 0 Å². The van der Waals surface area contributed by atoms with E-state index in [4.69, 9.17) is 9.72 Å². The maximum Gasteiger partial charge on any atom is 0.263 e. The van der Waals surface area contributed by atoms with Crippen LogP contribution in [0, 0.1) is 18.3 Å². The van der Waals surface area contributed by atoms with Crippen molar-refractivity contribution >= 4 is 50.4 Å². The molecule has 0 aromatic carbocycles. The van der Waals surface area contributed by atoms with E-state index in [-0.39, 0.29) is 23.2 Å². The number of fused-ring (bicyclic) bond motifs is 3. The summed E-state index contributed by atoms with van der Waals surface area (Å²) in [4.78, 5) is 37.5. The molecule has 166 valence electrons. The number of thiazole rings is 1. The predicted octanol–water partition coefficient (Wildman–Crippen LogP) is 3.86. The van der Waals surface area contributed by atoms with Crippen molar-refractivity contribution in [3.8, 4) is 6.07 Å². The number of carbonyl (C=O) groups is 1. The summed E-state index contributed by atoms with van der Waals surface area (Å²) in [6.07, 6.45) is 4.89. The minimum Gasteiger partial charge on any atom is -0.376 e. The van der Waals surface area contributed by atoms with Gasteiger partial charge in [-0.25, -0.2) is 9.97 Å². The Morgan fingerprint density at radius 3 is 3.00 bits per heavy atom. The zero-order chi connectivity index (χ0) is 22.2. The van der Waals surface area contributed by atoms with Crippen LogP contribution in [-0.4, -0.2) is 38.8 Å². The molecule has 0 radical (unpaired) electrons. The van der Waals surface area contributed by atoms with Crippen LogP contribution in [0.25, 0.3) is 10.2 Å². The Kier molecular flexibility index (Phi) is 6.16. The molecule has 1 saturated heterocycles. The Labute approximate surface area is 197 Å². The van der Waals surface area contributed by atoms with Gasteiger partial charge in [-0.05, 0) is 44.6 Å². The van der Waals surface area contributed by atoms with Crippen LogP contribution in [-0.2, 0) is 28.9 Å². The molecule has 3 aromatic heterocycles. The molecule has 2 aliphatic rings. The Bertz CT molecular complexity index is 1280. The summed E-state index contributed by atoms with van der Waals surface area (Å²) in [5.41, 5.74) is 1.92. The lowest BCUT2D eigenvalue weighted by molar-refractivity contribution is -0.116. The van der Waals surface area contributed by atoms with Gasteiger partial charge in [0.25, 0.3) is 5.56 Å². The molecule has 0 saturated carbocycles. The number of hydrogen-bond acceptors (Lipinski definition) is 9. The first-order chi connectivity index (χ1) is 15.5. The summed E-state index contributed by atoms with van der Waals surface area (Å²) in [6, 6.07) is 2.09. The Balaban J connectivity index is 1.46. The third kappa shape index (κ3) is 4.03. The third-order valence-electron chi connectivity index (χ3n) is 5.88. The fraction of sp³-hybridized carbons (Fsp3) is 0.500. The molecule has 3 aromatic rings. The Morgan fingerprint density at radius 1 is 1.41 bits per heavy atom. The highest BCUT2D eigenvalue weighted by Crippen LogP contribution is 2.36. The van der Waals surface area contributed by atoms with Gasteiger partial charge in [-0.3, -0.25) is 14.2 Å². The van der Waals surface area contributed by atoms with Crippen LogP contribution in [0.15, 0.2) is 15.3 Å². The van der Waals surface area contributed by atoms with Crippen molar-refractivity contribution in [1.29, 1.82) is 5.26 Å². The fourth-order valence-electron chi connectivity index (χ4n) is 4.31. The maximum absolute atomic E-state index is 13.5. The van der Waals surface area contributed by atoms with Gasteiger partial charge in [-0.1, -0.05) is 11.8 Å². The second-order valence-electron chi connectivity index (χ2n) is 8.13. The molecule has 32 heavy (non-hydrogen) atoms. The third-order valence-corrected chi connectivity index (χ3v) is 9.09. The SMILES string of the molecule is Cc1csc(C(C#N)C(=O)CSc2nc3sc4c(c3c(=O)n2CC2CCCO2)CCC4)n1. The second-order valence-corrected chi connectivity index (χ2v) is 11.0. The van der Waals surface area contributed by atoms with E-state index in [1.807, 2.05) is 12.3 Å². The number of aryl methyl sites for hydroxylation is 3. The number of ether oxygens (including phenoxy) is 1. The normalized spacial score (nSPS) is 18.7. The average Bonchev–Trinajstić information content (AvgIpc) is 3.55. The maximum atomic E-state index is 13.5. The van der Waals surface area contributed by atoms with E-state index in [0.29, 0.717) is 23.3 Å². The zero-order valence-corrected chi connectivity index (χ0v) is 20.1. The summed E-state index contributed by atoms with van der Waals surface area (Å²) in [5, 5.41) is 13.2. The monoisotopic (exact) mass is 486 g/mol. The fourth-order valence-corrected chi connectivity index (χ4v) is 7.39. The van der Waals surface area contributed by atoms with Gasteiger partial charge < -0.3 is 4.74 Å². The van der Waals surface area contributed by atoms with Crippen molar-refractivity contribution in [2.24, 2.45) is 0 Å². The van der Waals surface area contributed by atoms with Gasteiger partial charge in [0.2, 0.25) is 0 Å². The number of carbonyl (C=O) groups excluding carboxylic acids is 1. The van der Waals surface area contributed by atoms with E-state index in [0.717, 1.165) is 53.6 Å². The van der Waals surface area contributed by atoms with Crippen LogP contribution in [0.3, 0.4) is 0 Å². The van der Waals surface area contributed by atoms with Crippen molar-refractivity contribution < 1.29 is 9.53 Å². The zero-order valence-electron chi connectivity index (χ0n) is 17.6. The number of nitriles is 1. The number of hydrogen-bond donors (Lipinski definition) is 0. The summed E-state index contributed by atoms with van der Waals surface area (Å²) in [6.45, 7) is 2.99. The number of nitrogens with zero attached hydrogens (tertiary/aromatic N) is 4. The molecule has 2 atom stereocenters. The number of Topliss-reactive ketones (excluding diaryl/α,β-unsaturated/α-hetero) is 1. The summed E-state index contributed by atoms with van der Waals surface area (Å²) in [7, 11) is 0. The molecule has 1 aliphatic carbocycles. The highest BCUT2D eigenvalue weighted by Gasteiger charge is 2.27. The highest BCUT2D eigenvalue weighted by atomic mass is 32.2. The number of thiophene rings is 1. The van der Waals surface area contributed by atoms with Gasteiger partial charge >= 0.3 is 0 Å². The van der Waals surface area contributed by atoms with Crippen LogP contribution in [0.4, 0.5) is 0 Å². The van der Waals surface area contributed by atoms with Gasteiger partial charge in [0.15, 0.2) is 16.9 Å². The predicted molar refractivity (Wildman–Crippen MR) is 126 cm³/mol. The average molecular weight is 487 g/mol. The molecular weight excluding hydrogens is 464 g/mol. The minimum absolute atomic E-state index is 0.0150. The van der Waals surface area contributed by atoms with E-state index in [1.54, 1.807) is 15.9 Å². The van der Waals surface area contributed by atoms with Crippen LogP contribution in [0.1, 0.15) is 46.3 Å². The lowest BCUT2D eigenvalue weighted by atomic mass is 10.1. The van der Waals surface area contributed by atoms with Gasteiger partial charge in [-0.2, -0.15) is 5.26 Å². The Morgan fingerprint density at radius 2 is 2.28 bits per heavy atom. The molecule has 0 amide bonds. The number of thioether (sulfide) groups is 1. The van der Waals surface area contributed by atoms with Crippen LogP contribution >= 0.6 is 34.4 Å². The number of ketones is 1. The quantitative estimate of drug-likeness (QED) is 0.369. The van der Waals surface area contributed by atoms with E-state index in [2.05, 4.69) is 11.1 Å². The smallest absolute Gasteiger partial charge is 0.263 e. The molecule has 0 bridgehead atoms. The summed E-state index contributed by atoms with van der Waals surface area (Å²) in [5.74, 6) is -1.06. The topological polar surface area (TPSA) is 97.9 Å². The molecule has 2 unspecified atom stereocenters. The van der Waals surface area contributed by atoms with Crippen LogP contribution < -0.4 is 5.56 Å². The van der Waals surface area contributed by atoms with Crippen LogP contribution in [0.5, 0.6) is 0 Å². The molecule has 7 nitrogen and oxygen atoms in total. The van der Waals surface area contributed by atoms with E-state index in [9.17, 15) is 14.9 Å². The molecule has 4 heterocycles. The first kappa shape index (κ1) is 21.8. The van der Waals surface area contributed by atoms with E-state index >= 15 is 0 Å². The van der Waals surface area contributed by atoms with Crippen molar-refractivity contribution in [3.63, 3.8) is 0 Å². The molecular formula is C22H22N4O3S3. The Hall–Kier alpha value is -2.06. The molecule has 5 rings (SSSR count). The molecule has 1 fully saturated rings. The summed E-state index contributed by atoms with van der Waals surface area (Å²) >= 11 is 4.15. The van der Waals surface area contributed by atoms with Gasteiger partial charge in [0.1, 0.15) is 9.84 Å². The molecule has 0 N–H and O–H groups in total. The standard InChI is InChI=1S/C22H22N4O3S3/c1-12-10-30-19(24-12)15(8-23)16(27)11-31-22-25-20-18(14-5-2-6-17(14)32-20)21(28)26(22)9-13-4-3-7-29-13/h10,13,15H,2-7,9,11H2,1H3. The van der Waals surface area contributed by atoms with Crippen molar-refractivity contribution in [2.75, 3.05) is 12.4 Å². The highest BCUT2D eigenvalue weighted by molar-refractivity contribution is 7.99. The number of aromatic nitrogens is 3. The number of rotatable bonds is 7. The molecule has 10 heteroatoms. The second kappa shape index (κ2) is 9.06. The van der Waals surface area contributed by atoms with Crippen molar-refractivity contribution in [1.82, 2.24) is 14.5 Å². The van der Waals surface area contributed by atoms with Crippen molar-refractivity contribution in [3.05, 3.63) is 36.9 Å². The van der Waals surface area contributed by atoms with Gasteiger partial charge in [-0.15, -0.1) is 22.7 Å². The molecule has 0 spiro atoms. The van der Waals surface area contributed by atoms with Gasteiger partial charge in [0, 0.05) is 22.6 Å². The lowest BCUT2D eigenvalue weighted by Gasteiger charge is -2.16. The lowest BCUT2D eigenvalue weighted by Crippen LogP contribution is -2.29. The first-order valence-electron chi connectivity index (χ1n) is 10.7. The summed E-state index contributed by atoms with van der Waals surface area (Å²) < 4.78 is 7.47. The first-order valence-corrected chi connectivity index (χ1v) is 13.4. The largest absolute Gasteiger partial charge is 0.376 e. The van der Waals surface area contributed by atoms with E-state index in [1.165, 1.54) is 28.0 Å². The van der Waals surface area contributed by atoms with Gasteiger partial charge in [0.05, 0.1) is 29.9 Å².